The number of likely N-dealkylation sites (tertiary alicyclic amines) is 1. The summed E-state index contributed by atoms with van der Waals surface area (Å²) in [6.07, 6.45) is 5.40. The van der Waals surface area contributed by atoms with Crippen molar-refractivity contribution in [2.45, 2.75) is 52.0 Å². The van der Waals surface area contributed by atoms with E-state index in [0.717, 1.165) is 44.3 Å². The van der Waals surface area contributed by atoms with Gasteiger partial charge in [0.2, 0.25) is 5.91 Å². The second-order valence-electron chi connectivity index (χ2n) is 6.93. The van der Waals surface area contributed by atoms with Gasteiger partial charge in [0.25, 0.3) is 0 Å². The van der Waals surface area contributed by atoms with Crippen LogP contribution in [0.5, 0.6) is 0 Å². The number of nitrogens with zero attached hydrogens (tertiary/aromatic N) is 3. The van der Waals surface area contributed by atoms with Gasteiger partial charge in [0.1, 0.15) is 0 Å². The van der Waals surface area contributed by atoms with E-state index in [0.29, 0.717) is 18.4 Å². The molecule has 1 aromatic heterocycles. The normalized spacial score (nSPS) is 26.2. The minimum Gasteiger partial charge on any atom is -0.335 e. The van der Waals surface area contributed by atoms with Crippen LogP contribution < -0.4 is 5.73 Å². The third kappa shape index (κ3) is 3.58. The van der Waals surface area contributed by atoms with Crippen LogP contribution in [0.2, 0.25) is 0 Å². The standard InChI is InChI=1S/C17H28N4O.2ClH/c1-11-16(12(2)20(3)19-11)15-8-5-9-21(15)17(22)14-7-4-6-13(14)10-18;;/h13-15H,4-10,18H2,1-3H3;2*1H/t13-,14-,15?;;/m1../s1. The van der Waals surface area contributed by atoms with Crippen LogP contribution in [-0.2, 0) is 11.8 Å². The van der Waals surface area contributed by atoms with Crippen LogP contribution in [0.4, 0.5) is 0 Å². The molecule has 2 fully saturated rings. The van der Waals surface area contributed by atoms with Gasteiger partial charge in [-0.15, -0.1) is 24.8 Å². The van der Waals surface area contributed by atoms with Crippen LogP contribution in [-0.4, -0.2) is 33.7 Å². The molecule has 1 saturated carbocycles. The van der Waals surface area contributed by atoms with E-state index < -0.39 is 0 Å². The fourth-order valence-corrected chi connectivity index (χ4v) is 4.46. The van der Waals surface area contributed by atoms with Crippen LogP contribution >= 0.6 is 24.8 Å². The largest absolute Gasteiger partial charge is 0.335 e. The molecule has 1 amide bonds. The number of halogens is 2. The summed E-state index contributed by atoms with van der Waals surface area (Å²) in [6.45, 7) is 5.68. The van der Waals surface area contributed by atoms with E-state index in [1.165, 1.54) is 11.3 Å². The molecule has 2 aliphatic rings. The van der Waals surface area contributed by atoms with Crippen LogP contribution in [0.1, 0.15) is 55.1 Å². The summed E-state index contributed by atoms with van der Waals surface area (Å²) < 4.78 is 1.93. The Bertz CT molecular complexity index is 575. The predicted octanol–water partition coefficient (Wildman–Crippen LogP) is 2.92. The molecular weight excluding hydrogens is 347 g/mol. The minimum atomic E-state index is 0. The van der Waals surface area contributed by atoms with Gasteiger partial charge in [-0.3, -0.25) is 9.48 Å². The molecule has 1 aliphatic heterocycles. The van der Waals surface area contributed by atoms with Crippen molar-refractivity contribution in [2.24, 2.45) is 24.6 Å². The van der Waals surface area contributed by atoms with Crippen molar-refractivity contribution in [3.63, 3.8) is 0 Å². The monoisotopic (exact) mass is 376 g/mol. The molecule has 0 aromatic carbocycles. The molecule has 138 valence electrons. The van der Waals surface area contributed by atoms with Crippen molar-refractivity contribution < 1.29 is 4.79 Å². The van der Waals surface area contributed by atoms with Crippen molar-refractivity contribution in [1.82, 2.24) is 14.7 Å². The Balaban J connectivity index is 0.00000144. The number of hydrogen-bond acceptors (Lipinski definition) is 3. The first-order chi connectivity index (χ1) is 10.5. The number of aryl methyl sites for hydroxylation is 2. The number of aromatic nitrogens is 2. The summed E-state index contributed by atoms with van der Waals surface area (Å²) >= 11 is 0. The summed E-state index contributed by atoms with van der Waals surface area (Å²) in [5.41, 5.74) is 9.38. The van der Waals surface area contributed by atoms with Gasteiger partial charge in [0.15, 0.2) is 0 Å². The molecule has 3 rings (SSSR count). The Morgan fingerprint density at radius 2 is 1.92 bits per heavy atom. The van der Waals surface area contributed by atoms with E-state index in [1.807, 2.05) is 11.7 Å². The topological polar surface area (TPSA) is 64.2 Å². The maximum Gasteiger partial charge on any atom is 0.226 e. The van der Waals surface area contributed by atoms with E-state index >= 15 is 0 Å². The van der Waals surface area contributed by atoms with Crippen LogP contribution in [0.25, 0.3) is 0 Å². The molecule has 1 aliphatic carbocycles. The molecule has 24 heavy (non-hydrogen) atoms. The first-order valence-electron chi connectivity index (χ1n) is 8.55. The van der Waals surface area contributed by atoms with E-state index in [4.69, 9.17) is 5.73 Å². The van der Waals surface area contributed by atoms with Gasteiger partial charge in [-0.25, -0.2) is 0 Å². The van der Waals surface area contributed by atoms with Gasteiger partial charge in [0.05, 0.1) is 11.7 Å². The van der Waals surface area contributed by atoms with E-state index in [9.17, 15) is 4.79 Å². The van der Waals surface area contributed by atoms with Crippen LogP contribution in [0.15, 0.2) is 0 Å². The van der Waals surface area contributed by atoms with E-state index in [1.54, 1.807) is 0 Å². The quantitative estimate of drug-likeness (QED) is 0.881. The number of nitrogens with two attached hydrogens (primary N) is 1. The van der Waals surface area contributed by atoms with Crippen molar-refractivity contribution in [2.75, 3.05) is 13.1 Å². The Morgan fingerprint density at radius 1 is 1.21 bits per heavy atom. The molecule has 1 unspecified atom stereocenters. The third-order valence-corrected chi connectivity index (χ3v) is 5.71. The Hall–Kier alpha value is -0.780. The summed E-state index contributed by atoms with van der Waals surface area (Å²) in [5.74, 6) is 0.853. The van der Waals surface area contributed by atoms with Gasteiger partial charge < -0.3 is 10.6 Å². The molecule has 2 N–H and O–H groups in total. The fraction of sp³-hybridized carbons (Fsp3) is 0.765. The van der Waals surface area contributed by atoms with Crippen molar-refractivity contribution in [3.8, 4) is 0 Å². The lowest BCUT2D eigenvalue weighted by molar-refractivity contribution is -0.137. The fourth-order valence-electron chi connectivity index (χ4n) is 4.46. The molecule has 7 heteroatoms. The van der Waals surface area contributed by atoms with Gasteiger partial charge in [0, 0.05) is 30.8 Å². The zero-order chi connectivity index (χ0) is 15.9. The molecule has 5 nitrogen and oxygen atoms in total. The lowest BCUT2D eigenvalue weighted by Gasteiger charge is -2.30. The van der Waals surface area contributed by atoms with Crippen molar-refractivity contribution in [1.29, 1.82) is 0 Å². The molecule has 1 aromatic rings. The highest BCUT2D eigenvalue weighted by Gasteiger charge is 2.40. The second-order valence-corrected chi connectivity index (χ2v) is 6.93. The van der Waals surface area contributed by atoms with Gasteiger partial charge in [-0.2, -0.15) is 5.10 Å². The third-order valence-electron chi connectivity index (χ3n) is 5.71. The first-order valence-corrected chi connectivity index (χ1v) is 8.55. The van der Waals surface area contributed by atoms with Crippen molar-refractivity contribution >= 4 is 30.7 Å². The van der Waals surface area contributed by atoms with Gasteiger partial charge >= 0.3 is 0 Å². The highest BCUT2D eigenvalue weighted by atomic mass is 35.5. The first kappa shape index (κ1) is 21.3. The Kier molecular flexibility index (Phi) is 7.57. The van der Waals surface area contributed by atoms with E-state index in [2.05, 4.69) is 23.8 Å². The Labute approximate surface area is 157 Å². The maximum atomic E-state index is 13.1. The smallest absolute Gasteiger partial charge is 0.226 e. The number of rotatable bonds is 3. The number of hydrogen-bond donors (Lipinski definition) is 1. The zero-order valence-corrected chi connectivity index (χ0v) is 16.5. The number of carbonyl (C=O) groups is 1. The molecule has 2 heterocycles. The van der Waals surface area contributed by atoms with E-state index in [-0.39, 0.29) is 36.8 Å². The molecule has 0 radical (unpaired) electrons. The average molecular weight is 377 g/mol. The maximum absolute atomic E-state index is 13.1. The zero-order valence-electron chi connectivity index (χ0n) is 14.8. The average Bonchev–Trinajstić information content (AvgIpc) is 3.19. The molecule has 0 bridgehead atoms. The van der Waals surface area contributed by atoms with Gasteiger partial charge in [-0.05, 0) is 52.0 Å². The second kappa shape index (κ2) is 8.54. The van der Waals surface area contributed by atoms with Crippen LogP contribution in [0, 0.1) is 25.7 Å². The predicted molar refractivity (Wildman–Crippen MR) is 101 cm³/mol. The van der Waals surface area contributed by atoms with Crippen LogP contribution in [0.3, 0.4) is 0 Å². The summed E-state index contributed by atoms with van der Waals surface area (Å²) in [5, 5.41) is 4.54. The highest BCUT2D eigenvalue weighted by Crippen LogP contribution is 2.40. The van der Waals surface area contributed by atoms with Gasteiger partial charge in [-0.1, -0.05) is 6.42 Å². The summed E-state index contributed by atoms with van der Waals surface area (Å²) in [4.78, 5) is 15.2. The molecule has 0 spiro atoms. The lowest BCUT2D eigenvalue weighted by atomic mass is 9.93. The summed E-state index contributed by atoms with van der Waals surface area (Å²) in [7, 11) is 1.98. The minimum absolute atomic E-state index is 0. The Morgan fingerprint density at radius 3 is 2.50 bits per heavy atom. The summed E-state index contributed by atoms with van der Waals surface area (Å²) in [6, 6.07) is 0.209. The molecular formula is C17H30Cl2N4O. The SMILES string of the molecule is Cc1nn(C)c(C)c1C1CCCN1C(=O)[C@@H]1CCC[C@@H]1CN.Cl.Cl. The van der Waals surface area contributed by atoms with Crippen molar-refractivity contribution in [3.05, 3.63) is 17.0 Å². The number of carbonyl (C=O) groups excluding carboxylic acids is 1. The number of amides is 1. The lowest BCUT2D eigenvalue weighted by Crippen LogP contribution is -2.39. The molecule has 3 atom stereocenters. The highest BCUT2D eigenvalue weighted by molar-refractivity contribution is 5.85. The molecule has 1 saturated heterocycles.